The van der Waals surface area contributed by atoms with E-state index in [0.717, 1.165) is 33.0 Å². The Morgan fingerprint density at radius 2 is 1.69 bits per heavy atom. The number of carbonyl (C=O) groups is 1. The first-order valence-corrected chi connectivity index (χ1v) is 11.1. The van der Waals surface area contributed by atoms with Crippen LogP contribution in [0.3, 0.4) is 0 Å². The van der Waals surface area contributed by atoms with E-state index in [1.807, 2.05) is 45.0 Å². The zero-order valence-corrected chi connectivity index (χ0v) is 18.3. The van der Waals surface area contributed by atoms with E-state index in [4.69, 9.17) is 9.47 Å². The van der Waals surface area contributed by atoms with Crippen molar-refractivity contribution in [2.75, 3.05) is 37.4 Å². The number of hydrogen-bond acceptors (Lipinski definition) is 5. The Bertz CT molecular complexity index is 973. The standard InChI is InChI=1S/C21H28N2O5S/c1-15-7-9-19(27-4)18(12-15)23(29(5,25)26)14-21(24)22-10-11-28-20-13-16(2)6-8-17(20)3/h6-9,12-13H,10-11,14H2,1-5H3,(H,22,24). The molecule has 1 N–H and O–H groups in total. The summed E-state index contributed by atoms with van der Waals surface area (Å²) in [5, 5.41) is 2.70. The van der Waals surface area contributed by atoms with E-state index in [-0.39, 0.29) is 19.7 Å². The fourth-order valence-electron chi connectivity index (χ4n) is 2.78. The Morgan fingerprint density at radius 3 is 2.34 bits per heavy atom. The van der Waals surface area contributed by atoms with Crippen LogP contribution in [-0.4, -0.2) is 47.4 Å². The van der Waals surface area contributed by atoms with Crippen molar-refractivity contribution in [1.29, 1.82) is 0 Å². The Balaban J connectivity index is 2.01. The van der Waals surface area contributed by atoms with Crippen LogP contribution in [0.4, 0.5) is 5.69 Å². The average molecular weight is 421 g/mol. The summed E-state index contributed by atoms with van der Waals surface area (Å²) in [4.78, 5) is 12.4. The zero-order valence-electron chi connectivity index (χ0n) is 17.5. The van der Waals surface area contributed by atoms with Crippen LogP contribution in [-0.2, 0) is 14.8 Å². The minimum Gasteiger partial charge on any atom is -0.495 e. The van der Waals surface area contributed by atoms with E-state index in [1.54, 1.807) is 12.1 Å². The quantitative estimate of drug-likeness (QED) is 0.631. The zero-order chi connectivity index (χ0) is 21.6. The number of amides is 1. The summed E-state index contributed by atoms with van der Waals surface area (Å²) < 4.78 is 36.6. The summed E-state index contributed by atoms with van der Waals surface area (Å²) in [6, 6.07) is 11.1. The molecule has 0 spiro atoms. The van der Waals surface area contributed by atoms with E-state index < -0.39 is 15.9 Å². The maximum Gasteiger partial charge on any atom is 0.240 e. The van der Waals surface area contributed by atoms with Crippen LogP contribution in [0.25, 0.3) is 0 Å². The van der Waals surface area contributed by atoms with Crippen LogP contribution in [0.1, 0.15) is 16.7 Å². The second-order valence-electron chi connectivity index (χ2n) is 6.91. The predicted octanol–water partition coefficient (Wildman–Crippen LogP) is 2.58. The molecule has 0 radical (unpaired) electrons. The molecule has 0 aliphatic heterocycles. The Morgan fingerprint density at radius 1 is 1.03 bits per heavy atom. The number of rotatable bonds is 9. The second kappa shape index (κ2) is 9.65. The molecular weight excluding hydrogens is 392 g/mol. The molecule has 0 aliphatic rings. The summed E-state index contributed by atoms with van der Waals surface area (Å²) in [5.74, 6) is 0.720. The first kappa shape index (κ1) is 22.5. The summed E-state index contributed by atoms with van der Waals surface area (Å²) in [5.41, 5.74) is 3.29. The van der Waals surface area contributed by atoms with Gasteiger partial charge in [0, 0.05) is 0 Å². The van der Waals surface area contributed by atoms with E-state index in [1.165, 1.54) is 7.11 Å². The molecule has 1 amide bonds. The fraction of sp³-hybridized carbons (Fsp3) is 0.381. The third-order valence-electron chi connectivity index (χ3n) is 4.32. The van der Waals surface area contributed by atoms with E-state index in [2.05, 4.69) is 5.32 Å². The number of methoxy groups -OCH3 is 1. The molecule has 2 aromatic carbocycles. The molecule has 158 valence electrons. The van der Waals surface area contributed by atoms with Gasteiger partial charge >= 0.3 is 0 Å². The van der Waals surface area contributed by atoms with E-state index in [0.29, 0.717) is 11.4 Å². The van der Waals surface area contributed by atoms with Gasteiger partial charge in [-0.15, -0.1) is 0 Å². The first-order chi connectivity index (χ1) is 13.6. The van der Waals surface area contributed by atoms with Crippen LogP contribution in [0.2, 0.25) is 0 Å². The van der Waals surface area contributed by atoms with Crippen molar-refractivity contribution < 1.29 is 22.7 Å². The maximum absolute atomic E-state index is 12.4. The maximum atomic E-state index is 12.4. The van der Waals surface area contributed by atoms with Gasteiger partial charge in [0.2, 0.25) is 15.9 Å². The van der Waals surface area contributed by atoms with Crippen LogP contribution in [0, 0.1) is 20.8 Å². The normalized spacial score (nSPS) is 11.1. The van der Waals surface area contributed by atoms with Crippen molar-refractivity contribution in [2.45, 2.75) is 20.8 Å². The molecule has 2 aromatic rings. The van der Waals surface area contributed by atoms with Gasteiger partial charge < -0.3 is 14.8 Å². The van der Waals surface area contributed by atoms with Crippen LogP contribution in [0.5, 0.6) is 11.5 Å². The lowest BCUT2D eigenvalue weighted by atomic mass is 10.1. The Hall–Kier alpha value is -2.74. The highest BCUT2D eigenvalue weighted by molar-refractivity contribution is 7.92. The third kappa shape index (κ3) is 6.39. The number of nitrogens with zero attached hydrogens (tertiary/aromatic N) is 1. The van der Waals surface area contributed by atoms with Crippen LogP contribution >= 0.6 is 0 Å². The summed E-state index contributed by atoms with van der Waals surface area (Å²) in [6.07, 6.45) is 1.06. The number of aryl methyl sites for hydroxylation is 3. The minimum atomic E-state index is -3.69. The fourth-order valence-corrected chi connectivity index (χ4v) is 3.63. The van der Waals surface area contributed by atoms with Gasteiger partial charge in [-0.2, -0.15) is 0 Å². The van der Waals surface area contributed by atoms with Crippen molar-refractivity contribution in [1.82, 2.24) is 5.32 Å². The molecule has 0 saturated carbocycles. The summed E-state index contributed by atoms with van der Waals surface area (Å²) in [7, 11) is -2.23. The molecule has 0 unspecified atom stereocenters. The van der Waals surface area contributed by atoms with Gasteiger partial charge in [0.15, 0.2) is 0 Å². The smallest absolute Gasteiger partial charge is 0.240 e. The van der Waals surface area contributed by atoms with Gasteiger partial charge in [0.05, 0.1) is 25.6 Å². The average Bonchev–Trinajstić information content (AvgIpc) is 2.65. The van der Waals surface area contributed by atoms with Gasteiger partial charge in [0.25, 0.3) is 0 Å². The number of sulfonamides is 1. The van der Waals surface area contributed by atoms with E-state index >= 15 is 0 Å². The lowest BCUT2D eigenvalue weighted by Crippen LogP contribution is -2.41. The molecule has 0 heterocycles. The third-order valence-corrected chi connectivity index (χ3v) is 5.44. The molecule has 0 bridgehead atoms. The summed E-state index contributed by atoms with van der Waals surface area (Å²) >= 11 is 0. The van der Waals surface area contributed by atoms with Crippen molar-refractivity contribution in [3.05, 3.63) is 53.1 Å². The van der Waals surface area contributed by atoms with Crippen molar-refractivity contribution in [2.24, 2.45) is 0 Å². The molecule has 7 nitrogen and oxygen atoms in total. The number of carbonyl (C=O) groups excluding carboxylic acids is 1. The highest BCUT2D eigenvalue weighted by Crippen LogP contribution is 2.30. The molecule has 2 rings (SSSR count). The number of ether oxygens (including phenoxy) is 2. The summed E-state index contributed by atoms with van der Waals surface area (Å²) in [6.45, 7) is 5.97. The lowest BCUT2D eigenvalue weighted by Gasteiger charge is -2.24. The second-order valence-corrected chi connectivity index (χ2v) is 8.82. The molecule has 0 saturated heterocycles. The number of benzene rings is 2. The number of nitrogens with one attached hydrogen (secondary N) is 1. The number of anilines is 1. The van der Waals surface area contributed by atoms with Crippen LogP contribution in [0.15, 0.2) is 36.4 Å². The molecule has 8 heteroatoms. The van der Waals surface area contributed by atoms with Gasteiger partial charge in [-0.05, 0) is 55.7 Å². The van der Waals surface area contributed by atoms with Crippen molar-refractivity contribution in [3.8, 4) is 11.5 Å². The SMILES string of the molecule is COc1ccc(C)cc1N(CC(=O)NCCOc1cc(C)ccc1C)S(C)(=O)=O. The highest BCUT2D eigenvalue weighted by atomic mass is 32.2. The monoisotopic (exact) mass is 420 g/mol. The van der Waals surface area contributed by atoms with Gasteiger partial charge in [-0.1, -0.05) is 18.2 Å². The molecular formula is C21H28N2O5S. The first-order valence-electron chi connectivity index (χ1n) is 9.21. The van der Waals surface area contributed by atoms with Crippen molar-refractivity contribution in [3.63, 3.8) is 0 Å². The molecule has 29 heavy (non-hydrogen) atoms. The van der Waals surface area contributed by atoms with Gasteiger partial charge in [0.1, 0.15) is 24.7 Å². The number of hydrogen-bond donors (Lipinski definition) is 1. The Labute approximate surface area is 172 Å². The van der Waals surface area contributed by atoms with Crippen LogP contribution < -0.4 is 19.1 Å². The topological polar surface area (TPSA) is 84.9 Å². The minimum absolute atomic E-state index is 0.259. The van der Waals surface area contributed by atoms with Gasteiger partial charge in [-0.25, -0.2) is 8.42 Å². The Kier molecular flexibility index (Phi) is 7.50. The predicted molar refractivity (Wildman–Crippen MR) is 114 cm³/mol. The lowest BCUT2D eigenvalue weighted by molar-refractivity contribution is -0.119. The molecule has 0 atom stereocenters. The van der Waals surface area contributed by atoms with Crippen molar-refractivity contribution >= 4 is 21.6 Å². The molecule has 0 fully saturated rings. The highest BCUT2D eigenvalue weighted by Gasteiger charge is 2.24. The largest absolute Gasteiger partial charge is 0.495 e. The molecule has 0 aromatic heterocycles. The molecule has 0 aliphatic carbocycles. The van der Waals surface area contributed by atoms with E-state index in [9.17, 15) is 13.2 Å². The van der Waals surface area contributed by atoms with Gasteiger partial charge in [-0.3, -0.25) is 9.10 Å².